The molecule has 104 valence electrons. The molecule has 4 nitrogen and oxygen atoms in total. The summed E-state index contributed by atoms with van der Waals surface area (Å²) in [5.74, 6) is 4.99. The molecule has 1 aromatic heterocycles. The van der Waals surface area contributed by atoms with E-state index in [1.807, 2.05) is 0 Å². The lowest BCUT2D eigenvalue weighted by atomic mass is 9.89. The Labute approximate surface area is 126 Å². The number of halogens is 2. The van der Waals surface area contributed by atoms with Gasteiger partial charge >= 0.3 is 0 Å². The van der Waals surface area contributed by atoms with Crippen molar-refractivity contribution in [2.24, 2.45) is 5.84 Å². The summed E-state index contributed by atoms with van der Waals surface area (Å²) in [4.78, 5) is 16.8. The fourth-order valence-corrected chi connectivity index (χ4v) is 3.37. The quantitative estimate of drug-likeness (QED) is 0.483. The van der Waals surface area contributed by atoms with Gasteiger partial charge in [-0.3, -0.25) is 15.2 Å². The van der Waals surface area contributed by atoms with Crippen LogP contribution in [0.5, 0.6) is 0 Å². The molecule has 1 aliphatic carbocycles. The first kappa shape index (κ1) is 13.6. The van der Waals surface area contributed by atoms with Crippen molar-refractivity contribution in [1.82, 2.24) is 10.4 Å². The predicted molar refractivity (Wildman–Crippen MR) is 80.1 cm³/mol. The molecule has 0 saturated heterocycles. The number of carbonyl (C=O) groups excluding carboxylic acids is 1. The summed E-state index contributed by atoms with van der Waals surface area (Å²) in [7, 11) is 0. The summed E-state index contributed by atoms with van der Waals surface area (Å²) in [6.45, 7) is 0. The van der Waals surface area contributed by atoms with Gasteiger partial charge in [0.25, 0.3) is 5.91 Å². The molecule has 0 spiro atoms. The minimum Gasteiger partial charge on any atom is -0.290 e. The molecule has 0 aliphatic heterocycles. The van der Waals surface area contributed by atoms with Gasteiger partial charge in [-0.1, -0.05) is 23.2 Å². The first-order chi connectivity index (χ1) is 9.61. The predicted octanol–water partition coefficient (Wildman–Crippen LogP) is 3.02. The van der Waals surface area contributed by atoms with E-state index in [9.17, 15) is 4.79 Å². The fourth-order valence-electron chi connectivity index (χ4n) is 2.80. The average Bonchev–Trinajstić information content (AvgIpc) is 2.44. The smallest absolute Gasteiger partial charge is 0.266 e. The van der Waals surface area contributed by atoms with Crippen molar-refractivity contribution in [2.45, 2.75) is 25.7 Å². The summed E-state index contributed by atoms with van der Waals surface area (Å²) >= 11 is 12.3. The van der Waals surface area contributed by atoms with Gasteiger partial charge in [0.1, 0.15) is 0 Å². The first-order valence-corrected chi connectivity index (χ1v) is 7.19. The van der Waals surface area contributed by atoms with Gasteiger partial charge in [-0.2, -0.15) is 0 Å². The van der Waals surface area contributed by atoms with Crippen LogP contribution in [0.3, 0.4) is 0 Å². The maximum Gasteiger partial charge on any atom is 0.266 e. The van der Waals surface area contributed by atoms with E-state index < -0.39 is 0 Å². The van der Waals surface area contributed by atoms with Crippen molar-refractivity contribution in [2.75, 3.05) is 0 Å². The number of carbonyl (C=O) groups is 1. The summed E-state index contributed by atoms with van der Waals surface area (Å²) < 4.78 is 0. The average molecular weight is 310 g/mol. The van der Waals surface area contributed by atoms with E-state index in [1.165, 1.54) is 0 Å². The Balaban J connectivity index is 2.43. The highest BCUT2D eigenvalue weighted by atomic mass is 35.5. The molecular weight excluding hydrogens is 297 g/mol. The Morgan fingerprint density at radius 1 is 1.25 bits per heavy atom. The van der Waals surface area contributed by atoms with Gasteiger partial charge in [0, 0.05) is 16.1 Å². The van der Waals surface area contributed by atoms with E-state index in [2.05, 4.69) is 10.4 Å². The highest BCUT2D eigenvalue weighted by Crippen LogP contribution is 2.35. The SMILES string of the molecule is NNC(=O)c1c2c(nc3cc(Cl)cc(Cl)c13)CCCC2. The third kappa shape index (κ3) is 2.14. The highest BCUT2D eigenvalue weighted by Gasteiger charge is 2.23. The lowest BCUT2D eigenvalue weighted by Gasteiger charge is -2.20. The highest BCUT2D eigenvalue weighted by molar-refractivity contribution is 6.39. The summed E-state index contributed by atoms with van der Waals surface area (Å²) in [6, 6.07) is 3.35. The number of pyridine rings is 1. The fraction of sp³-hybridized carbons (Fsp3) is 0.286. The molecule has 1 aromatic carbocycles. The molecule has 2 aromatic rings. The van der Waals surface area contributed by atoms with Gasteiger partial charge in [0.15, 0.2) is 0 Å². The minimum atomic E-state index is -0.334. The molecule has 0 radical (unpaired) electrons. The second kappa shape index (κ2) is 5.20. The van der Waals surface area contributed by atoms with E-state index in [-0.39, 0.29) is 5.91 Å². The maximum absolute atomic E-state index is 12.2. The zero-order valence-electron chi connectivity index (χ0n) is 10.7. The molecule has 0 fully saturated rings. The number of benzene rings is 1. The van der Waals surface area contributed by atoms with Crippen LogP contribution in [-0.4, -0.2) is 10.9 Å². The van der Waals surface area contributed by atoms with E-state index in [4.69, 9.17) is 29.0 Å². The summed E-state index contributed by atoms with van der Waals surface area (Å²) in [5, 5.41) is 1.55. The Morgan fingerprint density at radius 2 is 2.00 bits per heavy atom. The van der Waals surface area contributed by atoms with Gasteiger partial charge in [-0.15, -0.1) is 0 Å². The number of aromatic nitrogens is 1. The van der Waals surface area contributed by atoms with Crippen LogP contribution in [0.25, 0.3) is 10.9 Å². The number of nitrogens with two attached hydrogens (primary N) is 1. The summed E-state index contributed by atoms with van der Waals surface area (Å²) in [6.07, 6.45) is 3.79. The molecule has 3 rings (SSSR count). The number of amides is 1. The van der Waals surface area contributed by atoms with Crippen LogP contribution >= 0.6 is 23.2 Å². The van der Waals surface area contributed by atoms with Crippen molar-refractivity contribution in [1.29, 1.82) is 0 Å². The van der Waals surface area contributed by atoms with Gasteiger partial charge < -0.3 is 0 Å². The number of hydrogen-bond donors (Lipinski definition) is 2. The molecular formula is C14H13Cl2N3O. The van der Waals surface area contributed by atoms with E-state index in [1.54, 1.807) is 12.1 Å². The van der Waals surface area contributed by atoms with Gasteiger partial charge in [0.05, 0.1) is 16.1 Å². The van der Waals surface area contributed by atoms with Crippen LogP contribution in [-0.2, 0) is 12.8 Å². The van der Waals surface area contributed by atoms with Crippen molar-refractivity contribution in [3.63, 3.8) is 0 Å². The van der Waals surface area contributed by atoms with Crippen LogP contribution in [0.1, 0.15) is 34.5 Å². The molecule has 0 atom stereocenters. The van der Waals surface area contributed by atoms with Gasteiger partial charge in [-0.25, -0.2) is 5.84 Å². The molecule has 20 heavy (non-hydrogen) atoms. The van der Waals surface area contributed by atoms with Crippen LogP contribution in [0.15, 0.2) is 12.1 Å². The summed E-state index contributed by atoms with van der Waals surface area (Å²) in [5.41, 5.74) is 5.28. The largest absolute Gasteiger partial charge is 0.290 e. The lowest BCUT2D eigenvalue weighted by molar-refractivity contribution is 0.0954. The Bertz CT molecular complexity index is 715. The Morgan fingerprint density at radius 3 is 2.75 bits per heavy atom. The van der Waals surface area contributed by atoms with Crippen LogP contribution in [0.2, 0.25) is 10.0 Å². The van der Waals surface area contributed by atoms with Crippen molar-refractivity contribution in [3.05, 3.63) is 39.0 Å². The number of nitrogens with one attached hydrogen (secondary N) is 1. The number of hydrazine groups is 1. The number of nitrogens with zero attached hydrogens (tertiary/aromatic N) is 1. The topological polar surface area (TPSA) is 68.0 Å². The van der Waals surface area contributed by atoms with Crippen molar-refractivity contribution < 1.29 is 4.79 Å². The minimum absolute atomic E-state index is 0.334. The molecule has 6 heteroatoms. The Hall–Kier alpha value is -1.36. The van der Waals surface area contributed by atoms with E-state index in [0.717, 1.165) is 36.9 Å². The second-order valence-corrected chi connectivity index (χ2v) is 5.72. The number of nitrogen functional groups attached to an aromatic ring is 1. The first-order valence-electron chi connectivity index (χ1n) is 6.43. The Kier molecular flexibility index (Phi) is 3.54. The van der Waals surface area contributed by atoms with Gasteiger partial charge in [-0.05, 0) is 43.4 Å². The standard InChI is InChI=1S/C14H13Cl2N3O/c15-7-5-9(16)13-11(6-7)18-10-4-2-1-3-8(10)12(13)14(20)19-17/h5-6H,1-4,17H2,(H,19,20). The molecule has 0 bridgehead atoms. The number of fused-ring (bicyclic) bond motifs is 2. The molecule has 0 saturated carbocycles. The number of hydrogen-bond acceptors (Lipinski definition) is 3. The van der Waals surface area contributed by atoms with Crippen molar-refractivity contribution >= 4 is 40.0 Å². The molecule has 1 aliphatic rings. The zero-order valence-corrected chi connectivity index (χ0v) is 12.2. The molecule has 1 heterocycles. The molecule has 0 unspecified atom stereocenters. The van der Waals surface area contributed by atoms with Crippen LogP contribution in [0.4, 0.5) is 0 Å². The zero-order chi connectivity index (χ0) is 14.3. The van der Waals surface area contributed by atoms with Gasteiger partial charge in [0.2, 0.25) is 0 Å². The molecule has 1 amide bonds. The monoisotopic (exact) mass is 309 g/mol. The van der Waals surface area contributed by atoms with Crippen LogP contribution in [0, 0.1) is 0 Å². The number of aryl methyl sites for hydroxylation is 1. The second-order valence-electron chi connectivity index (χ2n) is 4.87. The third-order valence-corrected chi connectivity index (χ3v) is 4.15. The van der Waals surface area contributed by atoms with E-state index in [0.29, 0.717) is 26.5 Å². The third-order valence-electron chi connectivity index (χ3n) is 3.64. The van der Waals surface area contributed by atoms with E-state index >= 15 is 0 Å². The number of rotatable bonds is 1. The van der Waals surface area contributed by atoms with Crippen LogP contribution < -0.4 is 11.3 Å². The molecule has 3 N–H and O–H groups in total. The lowest BCUT2D eigenvalue weighted by Crippen LogP contribution is -2.32. The normalized spacial score (nSPS) is 14.2. The van der Waals surface area contributed by atoms with Crippen molar-refractivity contribution in [3.8, 4) is 0 Å². The maximum atomic E-state index is 12.2.